The monoisotopic (exact) mass is 516 g/mol. The average Bonchev–Trinajstić information content (AvgIpc) is 2.96. The molecule has 2 saturated heterocycles. The van der Waals surface area contributed by atoms with Crippen molar-refractivity contribution < 1.29 is 10.0 Å². The number of aromatic nitrogens is 3. The lowest BCUT2D eigenvalue weighted by atomic mass is 10.0. The Labute approximate surface area is 221 Å². The maximum atomic E-state index is 11.6. The quantitative estimate of drug-likeness (QED) is 0.252. The van der Waals surface area contributed by atoms with Crippen molar-refractivity contribution >= 4 is 29.7 Å². The van der Waals surface area contributed by atoms with Crippen LogP contribution < -0.4 is 15.2 Å². The lowest BCUT2D eigenvalue weighted by Crippen LogP contribution is -2.34. The molecule has 3 aromatic rings. The van der Waals surface area contributed by atoms with E-state index in [1.165, 1.54) is 25.1 Å². The van der Waals surface area contributed by atoms with E-state index in [4.69, 9.17) is 4.98 Å². The van der Waals surface area contributed by atoms with Crippen LogP contribution in [-0.2, 0) is 6.42 Å². The first kappa shape index (κ1) is 25.4. The number of hydrazone groups is 1. The van der Waals surface area contributed by atoms with Gasteiger partial charge in [0.25, 0.3) is 0 Å². The average molecular weight is 517 g/mol. The molecule has 0 unspecified atom stereocenters. The summed E-state index contributed by atoms with van der Waals surface area (Å²) in [4.78, 5) is 29.3. The molecule has 198 valence electrons. The standard InChI is InChI=1S/C27H32N8O3/c36-24-22(17-21(18-23(24)35(37)38)16-20-10-4-1-5-11-20)19-28-32-25-29-26(33-12-6-2-7-13-33)31-27(30-25)34-14-8-3-9-15-34/h1,4-5,10-11,17-19,36H,2-3,6-9,12-16H2,(H,29,30,31,32). The molecule has 0 amide bonds. The molecule has 2 aromatic carbocycles. The predicted octanol–water partition coefficient (Wildman–Crippen LogP) is 4.50. The van der Waals surface area contributed by atoms with Crippen LogP contribution in [0.3, 0.4) is 0 Å². The Hall–Kier alpha value is -4.28. The number of nitro groups is 1. The van der Waals surface area contributed by atoms with E-state index in [0.717, 1.165) is 57.4 Å². The maximum absolute atomic E-state index is 11.6. The fraction of sp³-hybridized carbons (Fsp3) is 0.407. The molecule has 5 rings (SSSR count). The van der Waals surface area contributed by atoms with Gasteiger partial charge in [-0.3, -0.25) is 10.1 Å². The van der Waals surface area contributed by atoms with Crippen molar-refractivity contribution in [2.45, 2.75) is 44.9 Å². The van der Waals surface area contributed by atoms with Crippen LogP contribution >= 0.6 is 0 Å². The summed E-state index contributed by atoms with van der Waals surface area (Å²) in [7, 11) is 0. The van der Waals surface area contributed by atoms with Gasteiger partial charge in [0, 0.05) is 37.8 Å². The molecule has 2 fully saturated rings. The first-order chi connectivity index (χ1) is 18.6. The summed E-state index contributed by atoms with van der Waals surface area (Å²) >= 11 is 0. The van der Waals surface area contributed by atoms with E-state index in [1.54, 1.807) is 6.07 Å². The molecule has 2 aliphatic heterocycles. The molecule has 1 aromatic heterocycles. The van der Waals surface area contributed by atoms with Crippen molar-refractivity contribution in [3.05, 3.63) is 69.3 Å². The van der Waals surface area contributed by atoms with Crippen LogP contribution in [0.25, 0.3) is 0 Å². The third-order valence-corrected chi connectivity index (χ3v) is 6.88. The fourth-order valence-corrected chi connectivity index (χ4v) is 4.91. The van der Waals surface area contributed by atoms with Crippen LogP contribution in [0.1, 0.15) is 55.2 Å². The lowest BCUT2D eigenvalue weighted by molar-refractivity contribution is -0.385. The number of rotatable bonds is 8. The summed E-state index contributed by atoms with van der Waals surface area (Å²) in [5, 5.41) is 26.4. The van der Waals surface area contributed by atoms with Crippen LogP contribution in [0.2, 0.25) is 0 Å². The second-order valence-corrected chi connectivity index (χ2v) is 9.70. The molecule has 2 aliphatic rings. The first-order valence-electron chi connectivity index (χ1n) is 13.2. The van der Waals surface area contributed by atoms with Crippen molar-refractivity contribution in [3.63, 3.8) is 0 Å². The predicted molar refractivity (Wildman–Crippen MR) is 147 cm³/mol. The largest absolute Gasteiger partial charge is 0.502 e. The number of nitrogens with zero attached hydrogens (tertiary/aromatic N) is 7. The topological polar surface area (TPSA) is 133 Å². The van der Waals surface area contributed by atoms with Gasteiger partial charge in [-0.25, -0.2) is 5.43 Å². The molecule has 0 bridgehead atoms. The molecule has 2 N–H and O–H groups in total. The Kier molecular flexibility index (Phi) is 7.91. The van der Waals surface area contributed by atoms with E-state index < -0.39 is 10.7 Å². The highest BCUT2D eigenvalue weighted by atomic mass is 16.6. The molecule has 3 heterocycles. The number of hydrogen-bond acceptors (Lipinski definition) is 10. The zero-order chi connectivity index (χ0) is 26.3. The minimum atomic E-state index is -0.587. The summed E-state index contributed by atoms with van der Waals surface area (Å²) in [5.41, 5.74) is 4.45. The Morgan fingerprint density at radius 1 is 0.895 bits per heavy atom. The smallest absolute Gasteiger partial charge is 0.311 e. The Balaban J connectivity index is 1.41. The Morgan fingerprint density at radius 2 is 1.50 bits per heavy atom. The number of hydrogen-bond donors (Lipinski definition) is 2. The van der Waals surface area contributed by atoms with Crippen molar-refractivity contribution in [1.29, 1.82) is 0 Å². The van der Waals surface area contributed by atoms with E-state index in [2.05, 4.69) is 30.3 Å². The third-order valence-electron chi connectivity index (χ3n) is 6.88. The van der Waals surface area contributed by atoms with Gasteiger partial charge in [-0.1, -0.05) is 30.3 Å². The molecule has 38 heavy (non-hydrogen) atoms. The van der Waals surface area contributed by atoms with Crippen molar-refractivity contribution in [3.8, 4) is 5.75 Å². The summed E-state index contributed by atoms with van der Waals surface area (Å²) in [5.74, 6) is 1.12. The lowest BCUT2D eigenvalue weighted by Gasteiger charge is -2.30. The summed E-state index contributed by atoms with van der Waals surface area (Å²) < 4.78 is 0. The summed E-state index contributed by atoms with van der Waals surface area (Å²) in [6, 6.07) is 12.8. The highest BCUT2D eigenvalue weighted by Crippen LogP contribution is 2.31. The number of benzene rings is 2. The molecular weight excluding hydrogens is 484 g/mol. The molecule has 0 atom stereocenters. The van der Waals surface area contributed by atoms with Crippen LogP contribution in [0.15, 0.2) is 47.6 Å². The zero-order valence-corrected chi connectivity index (χ0v) is 21.3. The third kappa shape index (κ3) is 6.16. The maximum Gasteiger partial charge on any atom is 0.311 e. The van der Waals surface area contributed by atoms with E-state index in [9.17, 15) is 15.2 Å². The highest BCUT2D eigenvalue weighted by Gasteiger charge is 2.21. The van der Waals surface area contributed by atoms with Crippen molar-refractivity contribution in [1.82, 2.24) is 15.0 Å². The molecule has 11 nitrogen and oxygen atoms in total. The number of phenols is 1. The van der Waals surface area contributed by atoms with E-state index in [-0.39, 0.29) is 11.3 Å². The molecule has 0 saturated carbocycles. The van der Waals surface area contributed by atoms with Gasteiger partial charge in [0.1, 0.15) is 0 Å². The summed E-state index contributed by atoms with van der Waals surface area (Å²) in [6.45, 7) is 3.60. The van der Waals surface area contributed by atoms with Gasteiger partial charge in [-0.2, -0.15) is 20.1 Å². The zero-order valence-electron chi connectivity index (χ0n) is 21.3. The minimum absolute atomic E-state index is 0.235. The van der Waals surface area contributed by atoms with Gasteiger partial charge in [-0.05, 0) is 62.1 Å². The molecule has 0 radical (unpaired) electrons. The molecule has 11 heteroatoms. The number of aromatic hydroxyl groups is 1. The SMILES string of the molecule is O=[N+]([O-])c1cc(Cc2ccccc2)cc(C=NNc2nc(N3CCCCC3)nc(N3CCCCC3)n2)c1O. The van der Waals surface area contributed by atoms with Crippen molar-refractivity contribution in [2.75, 3.05) is 41.4 Å². The van der Waals surface area contributed by atoms with E-state index in [1.807, 2.05) is 30.3 Å². The van der Waals surface area contributed by atoms with Gasteiger partial charge < -0.3 is 14.9 Å². The fourth-order valence-electron chi connectivity index (χ4n) is 4.91. The minimum Gasteiger partial charge on any atom is -0.502 e. The van der Waals surface area contributed by atoms with Gasteiger partial charge in [0.2, 0.25) is 23.6 Å². The number of nitro benzene ring substituents is 1. The van der Waals surface area contributed by atoms with Gasteiger partial charge in [-0.15, -0.1) is 0 Å². The van der Waals surface area contributed by atoms with E-state index in [0.29, 0.717) is 29.8 Å². The second kappa shape index (κ2) is 11.8. The number of phenolic OH excluding ortho intramolecular Hbond substituents is 1. The Morgan fingerprint density at radius 3 is 2.08 bits per heavy atom. The molecular formula is C27H32N8O3. The second-order valence-electron chi connectivity index (χ2n) is 9.70. The number of anilines is 3. The van der Waals surface area contributed by atoms with Crippen LogP contribution in [0.5, 0.6) is 5.75 Å². The van der Waals surface area contributed by atoms with Crippen molar-refractivity contribution in [2.24, 2.45) is 5.10 Å². The van der Waals surface area contributed by atoms with Gasteiger partial charge >= 0.3 is 5.69 Å². The highest BCUT2D eigenvalue weighted by molar-refractivity contribution is 5.86. The molecule has 0 spiro atoms. The first-order valence-corrected chi connectivity index (χ1v) is 13.2. The van der Waals surface area contributed by atoms with E-state index >= 15 is 0 Å². The number of piperidine rings is 2. The summed E-state index contributed by atoms with van der Waals surface area (Å²) in [6.07, 6.45) is 8.66. The van der Waals surface area contributed by atoms with Crippen LogP contribution in [-0.4, -0.2) is 57.4 Å². The number of nitrogens with one attached hydrogen (secondary N) is 1. The van der Waals surface area contributed by atoms with Gasteiger partial charge in [0.15, 0.2) is 0 Å². The normalized spacial score (nSPS) is 16.1. The molecule has 0 aliphatic carbocycles. The Bertz CT molecular complexity index is 1250. The van der Waals surface area contributed by atoms with Crippen LogP contribution in [0.4, 0.5) is 23.5 Å². The van der Waals surface area contributed by atoms with Gasteiger partial charge in [0.05, 0.1) is 11.1 Å². The van der Waals surface area contributed by atoms with Crippen LogP contribution in [0, 0.1) is 10.1 Å².